The summed E-state index contributed by atoms with van der Waals surface area (Å²) in [5.74, 6) is 0. The highest BCUT2D eigenvalue weighted by molar-refractivity contribution is 5.76. The van der Waals surface area contributed by atoms with Crippen molar-refractivity contribution in [2.24, 2.45) is 0 Å². The molecule has 1 N–H and O–H groups in total. The van der Waals surface area contributed by atoms with Crippen molar-refractivity contribution in [1.29, 1.82) is 0 Å². The summed E-state index contributed by atoms with van der Waals surface area (Å²) in [5.41, 5.74) is 0.251. The van der Waals surface area contributed by atoms with Gasteiger partial charge in [-0.25, -0.2) is 4.79 Å². The lowest BCUT2D eigenvalue weighted by Crippen LogP contribution is -2.45. The molecule has 0 radical (unpaired) electrons. The molecular weight excluding hydrogens is 372 g/mol. The van der Waals surface area contributed by atoms with E-state index in [1.807, 2.05) is 20.8 Å². The topological polar surface area (TPSA) is 85.6 Å². The summed E-state index contributed by atoms with van der Waals surface area (Å²) in [4.78, 5) is 39.0. The number of rotatable bonds is 3. The lowest BCUT2D eigenvalue weighted by Gasteiger charge is -2.33. The summed E-state index contributed by atoms with van der Waals surface area (Å²) in [5, 5.41) is 3.73. The van der Waals surface area contributed by atoms with Crippen molar-refractivity contribution in [3.8, 4) is 0 Å². The smallest absolute Gasteiger partial charge is 0.407 e. The number of piperidine rings is 1. The number of carbonyl (C=O) groups is 1. The zero-order valence-corrected chi connectivity index (χ0v) is 17.2. The Balaban J connectivity index is 1.40. The fraction of sp³-hybridized carbons (Fsp3) is 0.571. The van der Waals surface area contributed by atoms with Crippen molar-refractivity contribution >= 4 is 17.1 Å². The number of pyridine rings is 2. The molecule has 2 aromatic rings. The van der Waals surface area contributed by atoms with Crippen LogP contribution < -0.4 is 16.4 Å². The normalized spacial score (nSPS) is 20.2. The van der Waals surface area contributed by atoms with Gasteiger partial charge in [0.15, 0.2) is 0 Å². The van der Waals surface area contributed by atoms with Crippen LogP contribution in [0.1, 0.15) is 39.7 Å². The van der Waals surface area contributed by atoms with Crippen LogP contribution in [-0.4, -0.2) is 51.4 Å². The Hall–Kier alpha value is -2.61. The number of ether oxygens (including phenoxy) is 1. The van der Waals surface area contributed by atoms with Crippen LogP contribution in [0.25, 0.3) is 11.0 Å². The number of aromatic nitrogens is 2. The molecule has 2 aliphatic rings. The minimum Gasteiger partial charge on any atom is -0.446 e. The standard InChI is InChI=1S/C21H28N4O4/c1-21(2,3)22-20(28)29-16-8-10-23(11-9-16)12-15-13-24-17(26)6-4-14-5-7-18(27)25(15)19(14)24/h4-7,15-16H,8-13H2,1-3H3,(H,22,28). The third-order valence-electron chi connectivity index (χ3n) is 5.57. The van der Waals surface area contributed by atoms with Crippen molar-refractivity contribution in [3.63, 3.8) is 0 Å². The minimum atomic E-state index is -0.375. The Morgan fingerprint density at radius 3 is 2.41 bits per heavy atom. The van der Waals surface area contributed by atoms with E-state index in [4.69, 9.17) is 4.74 Å². The van der Waals surface area contributed by atoms with E-state index in [9.17, 15) is 14.4 Å². The number of amides is 1. The summed E-state index contributed by atoms with van der Waals surface area (Å²) < 4.78 is 9.00. The van der Waals surface area contributed by atoms with E-state index in [1.54, 1.807) is 33.4 Å². The summed E-state index contributed by atoms with van der Waals surface area (Å²) in [6.07, 6.45) is 1.05. The summed E-state index contributed by atoms with van der Waals surface area (Å²) in [6, 6.07) is 6.62. The Morgan fingerprint density at radius 1 is 1.10 bits per heavy atom. The summed E-state index contributed by atoms with van der Waals surface area (Å²) >= 11 is 0. The molecule has 1 fully saturated rings. The highest BCUT2D eigenvalue weighted by Gasteiger charge is 2.30. The second kappa shape index (κ2) is 7.33. The maximum atomic E-state index is 12.5. The van der Waals surface area contributed by atoms with Gasteiger partial charge in [0.05, 0.1) is 6.04 Å². The minimum absolute atomic E-state index is 0.0667. The maximum absolute atomic E-state index is 12.5. The molecule has 4 rings (SSSR count). The van der Waals surface area contributed by atoms with Gasteiger partial charge in [-0.05, 0) is 45.7 Å². The van der Waals surface area contributed by atoms with Gasteiger partial charge in [0, 0.05) is 49.2 Å². The monoisotopic (exact) mass is 400 g/mol. The van der Waals surface area contributed by atoms with E-state index in [2.05, 4.69) is 10.2 Å². The Kier molecular flexibility index (Phi) is 4.98. The zero-order chi connectivity index (χ0) is 20.8. The molecule has 29 heavy (non-hydrogen) atoms. The van der Waals surface area contributed by atoms with Crippen molar-refractivity contribution in [2.45, 2.75) is 57.8 Å². The summed E-state index contributed by atoms with van der Waals surface area (Å²) in [6.45, 7) is 8.56. The van der Waals surface area contributed by atoms with Gasteiger partial charge < -0.3 is 15.0 Å². The zero-order valence-electron chi connectivity index (χ0n) is 17.2. The van der Waals surface area contributed by atoms with E-state index >= 15 is 0 Å². The average molecular weight is 400 g/mol. The molecule has 1 saturated heterocycles. The Morgan fingerprint density at radius 2 is 1.76 bits per heavy atom. The molecule has 0 bridgehead atoms. The maximum Gasteiger partial charge on any atom is 0.407 e. The summed E-state index contributed by atoms with van der Waals surface area (Å²) in [7, 11) is 0. The number of carbonyl (C=O) groups excluding carboxylic acids is 1. The average Bonchev–Trinajstić information content (AvgIpc) is 3.01. The lowest BCUT2D eigenvalue weighted by atomic mass is 10.1. The second-order valence-corrected chi connectivity index (χ2v) is 9.04. The molecule has 2 aliphatic heterocycles. The number of nitrogens with zero attached hydrogens (tertiary/aromatic N) is 3. The van der Waals surface area contributed by atoms with Crippen molar-refractivity contribution < 1.29 is 9.53 Å². The fourth-order valence-corrected chi connectivity index (χ4v) is 4.29. The highest BCUT2D eigenvalue weighted by atomic mass is 16.6. The highest BCUT2D eigenvalue weighted by Crippen LogP contribution is 2.25. The van der Waals surface area contributed by atoms with Crippen molar-refractivity contribution in [3.05, 3.63) is 45.0 Å². The van der Waals surface area contributed by atoms with Crippen LogP contribution in [0.3, 0.4) is 0 Å². The molecule has 156 valence electrons. The van der Waals surface area contributed by atoms with E-state index in [0.717, 1.165) is 31.3 Å². The van der Waals surface area contributed by atoms with Crippen molar-refractivity contribution in [2.75, 3.05) is 19.6 Å². The van der Waals surface area contributed by atoms with E-state index < -0.39 is 0 Å². The first-order valence-electron chi connectivity index (χ1n) is 10.2. The molecule has 0 saturated carbocycles. The molecule has 0 aliphatic carbocycles. The number of hydrogen-bond donors (Lipinski definition) is 1. The molecule has 1 unspecified atom stereocenters. The van der Waals surface area contributed by atoms with Gasteiger partial charge in [-0.2, -0.15) is 0 Å². The van der Waals surface area contributed by atoms with E-state index in [0.29, 0.717) is 18.7 Å². The van der Waals surface area contributed by atoms with Gasteiger partial charge in [-0.15, -0.1) is 0 Å². The molecule has 1 amide bonds. The van der Waals surface area contributed by atoms with Gasteiger partial charge in [-0.1, -0.05) is 0 Å². The first-order chi connectivity index (χ1) is 13.7. The second-order valence-electron chi connectivity index (χ2n) is 9.04. The molecule has 0 spiro atoms. The van der Waals surface area contributed by atoms with Gasteiger partial charge in [0.25, 0.3) is 11.1 Å². The molecule has 1 atom stereocenters. The van der Waals surface area contributed by atoms with Crippen LogP contribution in [0, 0.1) is 0 Å². The largest absolute Gasteiger partial charge is 0.446 e. The van der Waals surface area contributed by atoms with Crippen LogP contribution in [0.2, 0.25) is 0 Å². The number of alkyl carbamates (subject to hydrolysis) is 1. The predicted octanol–water partition coefficient (Wildman–Crippen LogP) is 1.71. The van der Waals surface area contributed by atoms with Crippen LogP contribution in [-0.2, 0) is 11.3 Å². The fourth-order valence-electron chi connectivity index (χ4n) is 4.29. The van der Waals surface area contributed by atoms with Gasteiger partial charge in [0.2, 0.25) is 0 Å². The van der Waals surface area contributed by atoms with Crippen LogP contribution in [0.15, 0.2) is 33.9 Å². The third-order valence-corrected chi connectivity index (χ3v) is 5.57. The van der Waals surface area contributed by atoms with E-state index in [-0.39, 0.29) is 34.9 Å². The quantitative estimate of drug-likeness (QED) is 0.848. The predicted molar refractivity (Wildman–Crippen MR) is 110 cm³/mol. The number of nitrogens with one attached hydrogen (secondary N) is 1. The number of hydrogen-bond acceptors (Lipinski definition) is 5. The SMILES string of the molecule is CC(C)(C)NC(=O)OC1CCN(CC2Cn3c(=O)ccc4ccc(=O)n2c43)CC1. The Bertz CT molecular complexity index is 1040. The number of likely N-dealkylation sites (tertiary alicyclic amines) is 1. The van der Waals surface area contributed by atoms with E-state index in [1.165, 1.54) is 0 Å². The van der Waals surface area contributed by atoms with Crippen molar-refractivity contribution in [1.82, 2.24) is 19.4 Å². The van der Waals surface area contributed by atoms with Crippen LogP contribution in [0.4, 0.5) is 4.79 Å². The van der Waals surface area contributed by atoms with Crippen LogP contribution >= 0.6 is 0 Å². The van der Waals surface area contributed by atoms with Gasteiger partial charge >= 0.3 is 6.09 Å². The molecule has 8 heteroatoms. The van der Waals surface area contributed by atoms with Gasteiger partial charge in [-0.3, -0.25) is 18.7 Å². The first kappa shape index (κ1) is 19.7. The Labute approximate surface area is 169 Å². The molecular formula is C21H28N4O4. The van der Waals surface area contributed by atoms with Gasteiger partial charge in [0.1, 0.15) is 11.8 Å². The lowest BCUT2D eigenvalue weighted by molar-refractivity contribution is 0.0435. The third kappa shape index (κ3) is 4.07. The molecule has 0 aromatic carbocycles. The molecule has 8 nitrogen and oxygen atoms in total. The van der Waals surface area contributed by atoms with Crippen LogP contribution in [0.5, 0.6) is 0 Å². The molecule has 4 heterocycles. The molecule has 2 aromatic heterocycles. The first-order valence-corrected chi connectivity index (χ1v) is 10.2.